The fourth-order valence-electron chi connectivity index (χ4n) is 2.00. The standard InChI is InChI=1S/C16H25N/c1-4-5-6-7-8-9-13-17-16-14(2)11-10-12-15(16)3/h10-13H,4-9H2,1-3H3. The topological polar surface area (TPSA) is 12.4 Å². The van der Waals surface area contributed by atoms with E-state index in [1.165, 1.54) is 43.2 Å². The summed E-state index contributed by atoms with van der Waals surface area (Å²) in [5, 5.41) is 0. The van der Waals surface area contributed by atoms with Gasteiger partial charge in [-0.05, 0) is 37.8 Å². The van der Waals surface area contributed by atoms with E-state index in [1.807, 2.05) is 0 Å². The molecule has 0 atom stereocenters. The minimum atomic E-state index is 1.11. The third kappa shape index (κ3) is 5.16. The van der Waals surface area contributed by atoms with E-state index in [1.54, 1.807) is 0 Å². The number of nitrogens with zero attached hydrogens (tertiary/aromatic N) is 1. The molecule has 0 spiro atoms. The second kappa shape index (κ2) is 8.05. The van der Waals surface area contributed by atoms with E-state index < -0.39 is 0 Å². The summed E-state index contributed by atoms with van der Waals surface area (Å²) in [5.41, 5.74) is 3.69. The number of rotatable bonds is 7. The Balaban J connectivity index is 2.33. The quantitative estimate of drug-likeness (QED) is 0.442. The number of hydrogen-bond donors (Lipinski definition) is 0. The number of aryl methyl sites for hydroxylation is 2. The van der Waals surface area contributed by atoms with E-state index in [0.717, 1.165) is 12.1 Å². The molecule has 1 aromatic rings. The molecule has 0 saturated heterocycles. The molecule has 1 nitrogen and oxygen atoms in total. The zero-order valence-corrected chi connectivity index (χ0v) is 11.5. The highest BCUT2D eigenvalue weighted by Gasteiger charge is 1.97. The molecule has 0 aliphatic rings. The zero-order valence-electron chi connectivity index (χ0n) is 11.5. The number of benzene rings is 1. The van der Waals surface area contributed by atoms with Gasteiger partial charge in [0.25, 0.3) is 0 Å². The van der Waals surface area contributed by atoms with Gasteiger partial charge in [0, 0.05) is 6.21 Å². The average molecular weight is 231 g/mol. The minimum Gasteiger partial charge on any atom is -0.261 e. The van der Waals surface area contributed by atoms with Gasteiger partial charge in [-0.3, -0.25) is 4.99 Å². The first-order valence-electron chi connectivity index (χ1n) is 6.84. The van der Waals surface area contributed by atoms with Crippen LogP contribution in [0.15, 0.2) is 23.2 Å². The van der Waals surface area contributed by atoms with Crippen LogP contribution in [0.25, 0.3) is 0 Å². The summed E-state index contributed by atoms with van der Waals surface area (Å²) in [7, 11) is 0. The van der Waals surface area contributed by atoms with Gasteiger partial charge in [0.05, 0.1) is 5.69 Å². The summed E-state index contributed by atoms with van der Waals surface area (Å²) in [6.45, 7) is 6.50. The molecule has 0 unspecified atom stereocenters. The SMILES string of the molecule is CCCCCCCC=Nc1c(C)cccc1C. The Morgan fingerprint density at radius 2 is 1.65 bits per heavy atom. The monoisotopic (exact) mass is 231 g/mol. The van der Waals surface area contributed by atoms with Crippen LogP contribution >= 0.6 is 0 Å². The van der Waals surface area contributed by atoms with Crippen molar-refractivity contribution in [3.05, 3.63) is 29.3 Å². The predicted molar refractivity (Wildman–Crippen MR) is 77.4 cm³/mol. The number of aliphatic imine (C=N–C) groups is 1. The largest absolute Gasteiger partial charge is 0.261 e. The fourth-order valence-corrected chi connectivity index (χ4v) is 2.00. The van der Waals surface area contributed by atoms with Gasteiger partial charge in [-0.25, -0.2) is 0 Å². The van der Waals surface area contributed by atoms with Crippen LogP contribution in [0, 0.1) is 13.8 Å². The molecule has 0 bridgehead atoms. The summed E-state index contributed by atoms with van der Waals surface area (Å²) < 4.78 is 0. The summed E-state index contributed by atoms with van der Waals surface area (Å²) in [6.07, 6.45) is 9.86. The zero-order chi connectivity index (χ0) is 12.5. The normalized spacial score (nSPS) is 11.2. The number of hydrogen-bond acceptors (Lipinski definition) is 1. The molecule has 0 radical (unpaired) electrons. The van der Waals surface area contributed by atoms with E-state index in [2.05, 4.69) is 50.2 Å². The second-order valence-electron chi connectivity index (χ2n) is 4.75. The third-order valence-electron chi connectivity index (χ3n) is 3.10. The number of unbranched alkanes of at least 4 members (excludes halogenated alkanes) is 5. The molecule has 0 saturated carbocycles. The van der Waals surface area contributed by atoms with Crippen molar-refractivity contribution in [1.29, 1.82) is 0 Å². The first-order valence-corrected chi connectivity index (χ1v) is 6.84. The van der Waals surface area contributed by atoms with Crippen molar-refractivity contribution in [1.82, 2.24) is 0 Å². The summed E-state index contributed by atoms with van der Waals surface area (Å²) in [6, 6.07) is 6.34. The van der Waals surface area contributed by atoms with Crippen LogP contribution in [-0.2, 0) is 0 Å². The highest BCUT2D eigenvalue weighted by molar-refractivity contribution is 5.66. The Morgan fingerprint density at radius 3 is 2.29 bits per heavy atom. The van der Waals surface area contributed by atoms with Gasteiger partial charge < -0.3 is 0 Å². The molecule has 0 heterocycles. The maximum Gasteiger partial charge on any atom is 0.0683 e. The molecule has 0 aliphatic heterocycles. The smallest absolute Gasteiger partial charge is 0.0683 e. The van der Waals surface area contributed by atoms with Crippen molar-refractivity contribution in [2.45, 2.75) is 59.3 Å². The first-order chi connectivity index (χ1) is 8.25. The van der Waals surface area contributed by atoms with E-state index in [9.17, 15) is 0 Å². The van der Waals surface area contributed by atoms with Gasteiger partial charge in [-0.15, -0.1) is 0 Å². The molecule has 1 aromatic carbocycles. The van der Waals surface area contributed by atoms with Gasteiger partial charge in [-0.1, -0.05) is 50.8 Å². The molecule has 0 N–H and O–H groups in total. The van der Waals surface area contributed by atoms with Gasteiger partial charge >= 0.3 is 0 Å². The van der Waals surface area contributed by atoms with E-state index in [-0.39, 0.29) is 0 Å². The van der Waals surface area contributed by atoms with Crippen LogP contribution in [0.2, 0.25) is 0 Å². The van der Waals surface area contributed by atoms with Crippen molar-refractivity contribution in [3.63, 3.8) is 0 Å². The lowest BCUT2D eigenvalue weighted by Crippen LogP contribution is -1.82. The van der Waals surface area contributed by atoms with Crippen molar-refractivity contribution in [2.24, 2.45) is 4.99 Å². The molecule has 0 fully saturated rings. The molecule has 0 aromatic heterocycles. The minimum absolute atomic E-state index is 1.11. The van der Waals surface area contributed by atoms with Gasteiger partial charge in [0.1, 0.15) is 0 Å². The number of para-hydroxylation sites is 1. The van der Waals surface area contributed by atoms with E-state index in [0.29, 0.717) is 0 Å². The molecule has 0 aliphatic carbocycles. The maximum absolute atomic E-state index is 4.60. The van der Waals surface area contributed by atoms with Gasteiger partial charge in [0.2, 0.25) is 0 Å². The van der Waals surface area contributed by atoms with Crippen LogP contribution in [0.5, 0.6) is 0 Å². The van der Waals surface area contributed by atoms with Gasteiger partial charge in [0.15, 0.2) is 0 Å². The van der Waals surface area contributed by atoms with E-state index >= 15 is 0 Å². The summed E-state index contributed by atoms with van der Waals surface area (Å²) in [4.78, 5) is 4.60. The lowest BCUT2D eigenvalue weighted by Gasteiger charge is -2.03. The van der Waals surface area contributed by atoms with Crippen LogP contribution in [-0.4, -0.2) is 6.21 Å². The lowest BCUT2D eigenvalue weighted by atomic mass is 10.1. The van der Waals surface area contributed by atoms with Crippen LogP contribution < -0.4 is 0 Å². The molecule has 1 rings (SSSR count). The predicted octanol–water partition coefficient (Wildman–Crippen LogP) is 5.37. The molecule has 0 amide bonds. The van der Waals surface area contributed by atoms with Crippen molar-refractivity contribution in [2.75, 3.05) is 0 Å². The summed E-state index contributed by atoms with van der Waals surface area (Å²) >= 11 is 0. The Morgan fingerprint density at radius 1 is 1.00 bits per heavy atom. The molecule has 17 heavy (non-hydrogen) atoms. The second-order valence-corrected chi connectivity index (χ2v) is 4.75. The van der Waals surface area contributed by atoms with Crippen LogP contribution in [0.1, 0.15) is 56.6 Å². The van der Waals surface area contributed by atoms with E-state index in [4.69, 9.17) is 0 Å². The Kier molecular flexibility index (Phi) is 6.61. The highest BCUT2D eigenvalue weighted by Crippen LogP contribution is 2.22. The molecular formula is C16H25N. The third-order valence-corrected chi connectivity index (χ3v) is 3.10. The highest BCUT2D eigenvalue weighted by atomic mass is 14.7. The average Bonchev–Trinajstić information content (AvgIpc) is 2.31. The molecular weight excluding hydrogens is 206 g/mol. The molecule has 94 valence electrons. The van der Waals surface area contributed by atoms with Crippen molar-refractivity contribution >= 4 is 11.9 Å². The first kappa shape index (κ1) is 14.0. The Bertz CT molecular complexity index is 332. The van der Waals surface area contributed by atoms with Crippen molar-refractivity contribution in [3.8, 4) is 0 Å². The Labute approximate surface area is 106 Å². The van der Waals surface area contributed by atoms with Crippen LogP contribution in [0.3, 0.4) is 0 Å². The van der Waals surface area contributed by atoms with Gasteiger partial charge in [-0.2, -0.15) is 0 Å². The van der Waals surface area contributed by atoms with Crippen molar-refractivity contribution < 1.29 is 0 Å². The maximum atomic E-state index is 4.60. The molecule has 1 heteroatoms. The lowest BCUT2D eigenvalue weighted by molar-refractivity contribution is 0.645. The Hall–Kier alpha value is -1.11. The fraction of sp³-hybridized carbons (Fsp3) is 0.562. The summed E-state index contributed by atoms with van der Waals surface area (Å²) in [5.74, 6) is 0. The van der Waals surface area contributed by atoms with Crippen LogP contribution in [0.4, 0.5) is 5.69 Å².